The molecule has 0 radical (unpaired) electrons. The molecule has 0 aliphatic carbocycles. The third kappa shape index (κ3) is 3.50. The molecule has 1 aromatic heterocycles. The van der Waals surface area contributed by atoms with Gasteiger partial charge in [-0.15, -0.1) is 0 Å². The van der Waals surface area contributed by atoms with Gasteiger partial charge in [0.25, 0.3) is 5.01 Å². The molecule has 0 saturated heterocycles. The molecule has 0 N–H and O–H groups in total. The van der Waals surface area contributed by atoms with Crippen molar-refractivity contribution in [2.24, 2.45) is 7.05 Å². The SMILES string of the molecule is CCN1C(=CC=Cc2sc3ccccc3[n+]2C)Sc2ccccc21.[I-]. The number of para-hydroxylation sites is 2. The second-order valence-corrected chi connectivity index (χ2v) is 7.77. The highest BCUT2D eigenvalue weighted by Crippen LogP contribution is 2.45. The molecule has 0 atom stereocenters. The summed E-state index contributed by atoms with van der Waals surface area (Å²) in [5.74, 6) is 0. The zero-order valence-corrected chi connectivity index (χ0v) is 17.9. The van der Waals surface area contributed by atoms with Crippen LogP contribution in [0.3, 0.4) is 0 Å². The molecule has 0 saturated carbocycles. The molecule has 128 valence electrons. The summed E-state index contributed by atoms with van der Waals surface area (Å²) in [6, 6.07) is 17.1. The van der Waals surface area contributed by atoms with Gasteiger partial charge in [0.2, 0.25) is 5.52 Å². The van der Waals surface area contributed by atoms with Crippen LogP contribution in [0.5, 0.6) is 0 Å². The third-order valence-electron chi connectivity index (χ3n) is 4.20. The molecule has 0 fully saturated rings. The molecule has 2 nitrogen and oxygen atoms in total. The molecule has 1 aliphatic heterocycles. The van der Waals surface area contributed by atoms with Crippen molar-refractivity contribution in [3.8, 4) is 0 Å². The maximum absolute atomic E-state index is 2.37. The summed E-state index contributed by atoms with van der Waals surface area (Å²) in [5, 5.41) is 2.55. The maximum Gasteiger partial charge on any atom is 0.262 e. The molecule has 0 spiro atoms. The summed E-state index contributed by atoms with van der Waals surface area (Å²) in [4.78, 5) is 3.71. The van der Waals surface area contributed by atoms with Gasteiger partial charge in [-0.3, -0.25) is 0 Å². The molecule has 0 amide bonds. The average molecular weight is 478 g/mol. The number of allylic oxidation sites excluding steroid dienone is 2. The van der Waals surface area contributed by atoms with Crippen LogP contribution in [-0.4, -0.2) is 6.54 Å². The fourth-order valence-electron chi connectivity index (χ4n) is 2.98. The van der Waals surface area contributed by atoms with E-state index in [4.69, 9.17) is 0 Å². The third-order valence-corrected chi connectivity index (χ3v) is 6.52. The number of thioether (sulfide) groups is 1. The standard InChI is InChI=1S/C20H19N2S2.HI/c1-3-22-16-10-5-7-12-18(16)24-20(22)14-8-13-19-21(2)15-9-4-6-11-17(15)23-19;/h4-14H,3H2,1-2H3;1H/q+1;/p-1. The monoisotopic (exact) mass is 478 g/mol. The Morgan fingerprint density at radius 2 is 1.84 bits per heavy atom. The Morgan fingerprint density at radius 1 is 1.08 bits per heavy atom. The molecular weight excluding hydrogens is 459 g/mol. The first kappa shape index (κ1) is 18.5. The summed E-state index contributed by atoms with van der Waals surface area (Å²) >= 11 is 3.67. The van der Waals surface area contributed by atoms with Crippen LogP contribution in [-0.2, 0) is 7.05 Å². The van der Waals surface area contributed by atoms with Crippen molar-refractivity contribution < 1.29 is 28.5 Å². The Kier molecular flexibility index (Phi) is 5.86. The highest BCUT2D eigenvalue weighted by molar-refractivity contribution is 8.03. The van der Waals surface area contributed by atoms with Gasteiger partial charge in [-0.05, 0) is 31.2 Å². The lowest BCUT2D eigenvalue weighted by molar-refractivity contribution is -0.642. The Balaban J connectivity index is 0.00000182. The fraction of sp³-hybridized carbons (Fsp3) is 0.150. The first-order valence-corrected chi connectivity index (χ1v) is 9.71. The molecule has 2 aromatic carbocycles. The van der Waals surface area contributed by atoms with E-state index < -0.39 is 0 Å². The van der Waals surface area contributed by atoms with E-state index in [0.717, 1.165) is 6.54 Å². The van der Waals surface area contributed by atoms with E-state index in [2.05, 4.69) is 90.2 Å². The van der Waals surface area contributed by atoms with Crippen LogP contribution in [0.25, 0.3) is 16.3 Å². The van der Waals surface area contributed by atoms with Gasteiger partial charge in [0.05, 0.1) is 10.7 Å². The lowest BCUT2D eigenvalue weighted by Crippen LogP contribution is -3.00. The van der Waals surface area contributed by atoms with Crippen LogP contribution in [0, 0.1) is 0 Å². The number of rotatable bonds is 3. The van der Waals surface area contributed by atoms with Gasteiger partial charge in [-0.2, -0.15) is 4.57 Å². The normalized spacial score (nSPS) is 15.1. The summed E-state index contributed by atoms with van der Waals surface area (Å²) in [5.41, 5.74) is 2.60. The largest absolute Gasteiger partial charge is 1.00 e. The number of halogens is 1. The summed E-state index contributed by atoms with van der Waals surface area (Å²) in [6.07, 6.45) is 6.59. The molecule has 0 bridgehead atoms. The number of nitrogens with zero attached hydrogens (tertiary/aromatic N) is 2. The zero-order chi connectivity index (χ0) is 16.5. The Labute approximate surface area is 173 Å². The minimum absolute atomic E-state index is 0. The number of hydrogen-bond donors (Lipinski definition) is 0. The number of aryl methyl sites for hydroxylation is 1. The topological polar surface area (TPSA) is 7.12 Å². The molecule has 2 heterocycles. The van der Waals surface area contributed by atoms with Gasteiger partial charge in [-0.1, -0.05) is 53.4 Å². The second-order valence-electron chi connectivity index (χ2n) is 5.65. The van der Waals surface area contributed by atoms with Crippen molar-refractivity contribution in [2.75, 3.05) is 11.4 Å². The fourth-order valence-corrected chi connectivity index (χ4v) is 5.18. The van der Waals surface area contributed by atoms with E-state index in [1.807, 2.05) is 23.1 Å². The number of thiazole rings is 1. The molecule has 25 heavy (non-hydrogen) atoms. The van der Waals surface area contributed by atoms with Crippen molar-refractivity contribution in [1.82, 2.24) is 0 Å². The van der Waals surface area contributed by atoms with E-state index in [9.17, 15) is 0 Å². The quantitative estimate of drug-likeness (QED) is 0.421. The molecular formula is C20H19IN2S2. The van der Waals surface area contributed by atoms with E-state index >= 15 is 0 Å². The summed E-state index contributed by atoms with van der Waals surface area (Å²) in [7, 11) is 2.13. The molecule has 0 unspecified atom stereocenters. The molecule has 3 aromatic rings. The van der Waals surface area contributed by atoms with Crippen LogP contribution in [0.1, 0.15) is 11.9 Å². The van der Waals surface area contributed by atoms with Crippen LogP contribution in [0.2, 0.25) is 0 Å². The van der Waals surface area contributed by atoms with Gasteiger partial charge in [0.1, 0.15) is 11.7 Å². The van der Waals surface area contributed by atoms with Gasteiger partial charge < -0.3 is 28.9 Å². The van der Waals surface area contributed by atoms with Crippen LogP contribution >= 0.6 is 23.1 Å². The Hall–Kier alpha value is -1.31. The van der Waals surface area contributed by atoms with E-state index in [1.54, 1.807) is 0 Å². The van der Waals surface area contributed by atoms with E-state index in [1.165, 1.54) is 30.8 Å². The van der Waals surface area contributed by atoms with Crippen molar-refractivity contribution in [3.05, 3.63) is 70.7 Å². The van der Waals surface area contributed by atoms with Crippen molar-refractivity contribution in [3.63, 3.8) is 0 Å². The number of benzene rings is 2. The number of hydrogen-bond acceptors (Lipinski definition) is 3. The zero-order valence-electron chi connectivity index (χ0n) is 14.1. The number of aromatic nitrogens is 1. The smallest absolute Gasteiger partial charge is 0.262 e. The van der Waals surface area contributed by atoms with Gasteiger partial charge >= 0.3 is 0 Å². The van der Waals surface area contributed by atoms with Gasteiger partial charge in [0, 0.05) is 23.6 Å². The van der Waals surface area contributed by atoms with Gasteiger partial charge in [0.15, 0.2) is 0 Å². The predicted octanol–water partition coefficient (Wildman–Crippen LogP) is 2.22. The first-order valence-electron chi connectivity index (χ1n) is 8.08. The van der Waals surface area contributed by atoms with Crippen molar-refractivity contribution >= 4 is 45.1 Å². The van der Waals surface area contributed by atoms with E-state index in [0.29, 0.717) is 0 Å². The second kappa shape index (κ2) is 7.93. The highest BCUT2D eigenvalue weighted by atomic mass is 127. The number of anilines is 1. The molecule has 4 rings (SSSR count). The maximum atomic E-state index is 2.37. The predicted molar refractivity (Wildman–Crippen MR) is 105 cm³/mol. The lowest BCUT2D eigenvalue weighted by atomic mass is 10.3. The van der Waals surface area contributed by atoms with E-state index in [-0.39, 0.29) is 24.0 Å². The Bertz CT molecular complexity index is 959. The molecule has 1 aliphatic rings. The van der Waals surface area contributed by atoms with Crippen molar-refractivity contribution in [1.29, 1.82) is 0 Å². The summed E-state index contributed by atoms with van der Waals surface area (Å²) in [6.45, 7) is 3.19. The average Bonchev–Trinajstić information content (AvgIpc) is 3.13. The van der Waals surface area contributed by atoms with Crippen LogP contribution in [0.4, 0.5) is 5.69 Å². The lowest BCUT2D eigenvalue weighted by Gasteiger charge is -2.17. The van der Waals surface area contributed by atoms with Gasteiger partial charge in [-0.25, -0.2) is 0 Å². The van der Waals surface area contributed by atoms with Crippen molar-refractivity contribution in [2.45, 2.75) is 11.8 Å². The Morgan fingerprint density at radius 3 is 2.64 bits per heavy atom. The highest BCUT2D eigenvalue weighted by Gasteiger charge is 2.22. The molecule has 5 heteroatoms. The first-order chi connectivity index (χ1) is 11.8. The minimum Gasteiger partial charge on any atom is -1.00 e. The summed E-state index contributed by atoms with van der Waals surface area (Å²) < 4.78 is 3.58. The minimum atomic E-state index is 0. The van der Waals surface area contributed by atoms with Crippen LogP contribution < -0.4 is 33.4 Å². The van der Waals surface area contributed by atoms with Crippen LogP contribution in [0.15, 0.2) is 70.6 Å². The number of fused-ring (bicyclic) bond motifs is 2.